The highest BCUT2D eigenvalue weighted by atomic mass is 19.1. The van der Waals surface area contributed by atoms with Gasteiger partial charge in [-0.25, -0.2) is 13.8 Å². The van der Waals surface area contributed by atoms with Crippen molar-refractivity contribution in [1.82, 2.24) is 15.3 Å². The maximum Gasteiger partial charge on any atom is 0.128 e. The van der Waals surface area contributed by atoms with Crippen LogP contribution in [0.2, 0.25) is 0 Å². The Kier molecular flexibility index (Phi) is 3.58. The number of hydrogen-bond acceptors (Lipinski definition) is 3. The molecule has 1 N–H and O–H groups in total. The summed E-state index contributed by atoms with van der Waals surface area (Å²) in [6, 6.07) is 10.2. The summed E-state index contributed by atoms with van der Waals surface area (Å²) in [4.78, 5) is 8.79. The molecule has 3 rings (SSSR count). The predicted molar refractivity (Wildman–Crippen MR) is 76.8 cm³/mol. The van der Waals surface area contributed by atoms with Crippen LogP contribution in [0.25, 0.3) is 11.0 Å². The SMILES string of the molecule is CNC(c1cnc2ccccc2n1)c1cc(F)ccc1F. The maximum atomic E-state index is 14.0. The fourth-order valence-corrected chi connectivity index (χ4v) is 2.31. The Morgan fingerprint density at radius 3 is 2.57 bits per heavy atom. The van der Waals surface area contributed by atoms with E-state index in [4.69, 9.17) is 0 Å². The smallest absolute Gasteiger partial charge is 0.128 e. The first-order valence-corrected chi connectivity index (χ1v) is 6.53. The first-order chi connectivity index (χ1) is 10.2. The number of nitrogens with one attached hydrogen (secondary N) is 1. The summed E-state index contributed by atoms with van der Waals surface area (Å²) in [7, 11) is 1.67. The van der Waals surface area contributed by atoms with Gasteiger partial charge in [-0.15, -0.1) is 0 Å². The topological polar surface area (TPSA) is 37.8 Å². The fourth-order valence-electron chi connectivity index (χ4n) is 2.31. The minimum atomic E-state index is -0.558. The largest absolute Gasteiger partial charge is 0.308 e. The van der Waals surface area contributed by atoms with Crippen LogP contribution in [0.5, 0.6) is 0 Å². The number of para-hydroxylation sites is 2. The van der Waals surface area contributed by atoms with Gasteiger partial charge < -0.3 is 5.32 Å². The second-order valence-corrected chi connectivity index (χ2v) is 4.67. The molecule has 1 atom stereocenters. The van der Waals surface area contributed by atoms with Crippen LogP contribution in [0.4, 0.5) is 8.78 Å². The molecule has 0 fully saturated rings. The minimum absolute atomic E-state index is 0.210. The molecule has 0 aliphatic rings. The van der Waals surface area contributed by atoms with Gasteiger partial charge in [-0.3, -0.25) is 4.98 Å². The zero-order valence-electron chi connectivity index (χ0n) is 11.3. The van der Waals surface area contributed by atoms with Crippen molar-refractivity contribution in [2.45, 2.75) is 6.04 Å². The molecule has 0 aliphatic heterocycles. The Balaban J connectivity index is 2.11. The highest BCUT2D eigenvalue weighted by molar-refractivity contribution is 5.73. The molecule has 3 aromatic rings. The zero-order valence-corrected chi connectivity index (χ0v) is 11.3. The molecule has 1 aromatic heterocycles. The summed E-state index contributed by atoms with van der Waals surface area (Å²) in [5.41, 5.74) is 2.23. The number of rotatable bonds is 3. The summed E-state index contributed by atoms with van der Waals surface area (Å²) in [6.45, 7) is 0. The Hall–Kier alpha value is -2.40. The molecular weight excluding hydrogens is 272 g/mol. The van der Waals surface area contributed by atoms with Crippen LogP contribution < -0.4 is 5.32 Å². The molecule has 3 nitrogen and oxygen atoms in total. The molecule has 0 bridgehead atoms. The van der Waals surface area contributed by atoms with Crippen LogP contribution in [-0.2, 0) is 0 Å². The van der Waals surface area contributed by atoms with Crippen molar-refractivity contribution in [1.29, 1.82) is 0 Å². The van der Waals surface area contributed by atoms with Crippen LogP contribution in [0.15, 0.2) is 48.7 Å². The number of nitrogens with zero attached hydrogens (tertiary/aromatic N) is 2. The van der Waals surface area contributed by atoms with Crippen molar-refractivity contribution in [2.75, 3.05) is 7.05 Å². The third-order valence-electron chi connectivity index (χ3n) is 3.32. The van der Waals surface area contributed by atoms with E-state index < -0.39 is 17.7 Å². The lowest BCUT2D eigenvalue weighted by Crippen LogP contribution is -2.20. The average molecular weight is 285 g/mol. The van der Waals surface area contributed by atoms with Crippen molar-refractivity contribution in [3.63, 3.8) is 0 Å². The van der Waals surface area contributed by atoms with Gasteiger partial charge in [-0.05, 0) is 37.4 Å². The molecule has 0 radical (unpaired) electrons. The van der Waals surface area contributed by atoms with E-state index in [2.05, 4.69) is 15.3 Å². The van der Waals surface area contributed by atoms with Crippen LogP contribution in [0.3, 0.4) is 0 Å². The Labute approximate surface area is 120 Å². The molecule has 0 spiro atoms. The number of fused-ring (bicyclic) bond motifs is 1. The maximum absolute atomic E-state index is 14.0. The molecule has 1 heterocycles. The molecule has 0 saturated heterocycles. The molecule has 0 aliphatic carbocycles. The molecule has 0 amide bonds. The Bertz CT molecular complexity index is 789. The minimum Gasteiger partial charge on any atom is -0.308 e. The van der Waals surface area contributed by atoms with E-state index in [0.29, 0.717) is 11.2 Å². The lowest BCUT2D eigenvalue weighted by atomic mass is 10.0. The van der Waals surface area contributed by atoms with Crippen molar-refractivity contribution in [3.8, 4) is 0 Å². The van der Waals surface area contributed by atoms with Gasteiger partial charge in [0.2, 0.25) is 0 Å². The van der Waals surface area contributed by atoms with E-state index in [1.807, 2.05) is 24.3 Å². The number of hydrogen-bond donors (Lipinski definition) is 1. The second kappa shape index (κ2) is 5.54. The monoisotopic (exact) mass is 285 g/mol. The first-order valence-electron chi connectivity index (χ1n) is 6.53. The summed E-state index contributed by atoms with van der Waals surface area (Å²) in [5, 5.41) is 2.96. The average Bonchev–Trinajstić information content (AvgIpc) is 2.51. The number of aromatic nitrogens is 2. The van der Waals surface area contributed by atoms with Gasteiger partial charge in [0, 0.05) is 5.56 Å². The fraction of sp³-hybridized carbons (Fsp3) is 0.125. The molecule has 106 valence electrons. The number of benzene rings is 2. The molecule has 21 heavy (non-hydrogen) atoms. The van der Waals surface area contributed by atoms with Crippen LogP contribution in [0, 0.1) is 11.6 Å². The van der Waals surface area contributed by atoms with Gasteiger partial charge in [-0.1, -0.05) is 12.1 Å². The summed E-state index contributed by atoms with van der Waals surface area (Å²) >= 11 is 0. The Morgan fingerprint density at radius 1 is 1.05 bits per heavy atom. The van der Waals surface area contributed by atoms with Gasteiger partial charge in [0.1, 0.15) is 11.6 Å². The molecular formula is C16H13F2N3. The van der Waals surface area contributed by atoms with Gasteiger partial charge in [0.05, 0.1) is 29.0 Å². The van der Waals surface area contributed by atoms with E-state index in [1.54, 1.807) is 13.2 Å². The lowest BCUT2D eigenvalue weighted by molar-refractivity contribution is 0.553. The quantitative estimate of drug-likeness (QED) is 0.803. The van der Waals surface area contributed by atoms with E-state index in [1.165, 1.54) is 6.07 Å². The van der Waals surface area contributed by atoms with Crippen LogP contribution in [-0.4, -0.2) is 17.0 Å². The van der Waals surface area contributed by atoms with Crippen molar-refractivity contribution in [2.24, 2.45) is 0 Å². The van der Waals surface area contributed by atoms with E-state index in [9.17, 15) is 8.78 Å². The second-order valence-electron chi connectivity index (χ2n) is 4.67. The molecule has 1 unspecified atom stereocenters. The third-order valence-corrected chi connectivity index (χ3v) is 3.32. The zero-order chi connectivity index (χ0) is 14.8. The van der Waals surface area contributed by atoms with Gasteiger partial charge in [-0.2, -0.15) is 0 Å². The van der Waals surface area contributed by atoms with E-state index >= 15 is 0 Å². The molecule has 0 saturated carbocycles. The molecule has 2 aromatic carbocycles. The summed E-state index contributed by atoms with van der Waals surface area (Å²) in [6.07, 6.45) is 1.58. The highest BCUT2D eigenvalue weighted by Gasteiger charge is 2.19. The third kappa shape index (κ3) is 2.60. The van der Waals surface area contributed by atoms with E-state index in [-0.39, 0.29) is 5.56 Å². The molecule has 5 heteroatoms. The first kappa shape index (κ1) is 13.6. The van der Waals surface area contributed by atoms with Crippen LogP contribution >= 0.6 is 0 Å². The van der Waals surface area contributed by atoms with Crippen LogP contribution in [0.1, 0.15) is 17.3 Å². The summed E-state index contributed by atoms with van der Waals surface area (Å²) < 4.78 is 27.3. The standard InChI is InChI=1S/C16H13F2N3/c1-19-16(11-8-10(17)6-7-12(11)18)15-9-20-13-4-2-3-5-14(13)21-15/h2-9,16,19H,1H3. The van der Waals surface area contributed by atoms with Gasteiger partial charge >= 0.3 is 0 Å². The van der Waals surface area contributed by atoms with Gasteiger partial charge in [0.15, 0.2) is 0 Å². The van der Waals surface area contributed by atoms with Crippen molar-refractivity contribution < 1.29 is 8.78 Å². The number of halogens is 2. The van der Waals surface area contributed by atoms with Crippen molar-refractivity contribution in [3.05, 3.63) is 71.6 Å². The van der Waals surface area contributed by atoms with Crippen molar-refractivity contribution >= 4 is 11.0 Å². The normalized spacial score (nSPS) is 12.5. The van der Waals surface area contributed by atoms with Gasteiger partial charge in [0.25, 0.3) is 0 Å². The highest BCUT2D eigenvalue weighted by Crippen LogP contribution is 2.24. The Morgan fingerprint density at radius 2 is 1.81 bits per heavy atom. The predicted octanol–water partition coefficient (Wildman–Crippen LogP) is 3.22. The summed E-state index contributed by atoms with van der Waals surface area (Å²) in [5.74, 6) is -0.967. The lowest BCUT2D eigenvalue weighted by Gasteiger charge is -2.17. The van der Waals surface area contributed by atoms with E-state index in [0.717, 1.165) is 17.6 Å².